The first-order valence-corrected chi connectivity index (χ1v) is 18.1. The molecule has 0 saturated carbocycles. The summed E-state index contributed by atoms with van der Waals surface area (Å²) in [6.45, 7) is 4.19. The SMILES string of the molecule is CC[C@@H](C)NC(=O)[C@H](Cc1ccccc1)N(Cc1ccc(Cl)cc1Cl)C(=O)CN(c1ccc(Cl)c(C(F)(F)F)c1)S(=O)(=O)c1ccc(C)cc1. The molecule has 0 aliphatic rings. The third-order valence-electron chi connectivity index (χ3n) is 8.06. The van der Waals surface area contributed by atoms with E-state index >= 15 is 0 Å². The lowest BCUT2D eigenvalue weighted by atomic mass is 10.0. The van der Waals surface area contributed by atoms with Crippen LogP contribution in [0.2, 0.25) is 15.1 Å². The zero-order valence-electron chi connectivity index (χ0n) is 27.3. The highest BCUT2D eigenvalue weighted by molar-refractivity contribution is 7.92. The smallest absolute Gasteiger partial charge is 0.352 e. The maximum atomic E-state index is 14.6. The molecule has 0 aliphatic heterocycles. The Labute approximate surface area is 305 Å². The van der Waals surface area contributed by atoms with Crippen molar-refractivity contribution in [3.05, 3.63) is 128 Å². The fourth-order valence-corrected chi connectivity index (χ4v) is 7.18. The van der Waals surface area contributed by atoms with Gasteiger partial charge < -0.3 is 10.2 Å². The van der Waals surface area contributed by atoms with Crippen molar-refractivity contribution in [1.82, 2.24) is 10.2 Å². The molecule has 1 N–H and O–H groups in total. The lowest BCUT2D eigenvalue weighted by molar-refractivity contribution is -0.140. The zero-order chi connectivity index (χ0) is 36.8. The number of halogens is 6. The third-order valence-corrected chi connectivity index (χ3v) is 10.8. The van der Waals surface area contributed by atoms with Gasteiger partial charge >= 0.3 is 6.18 Å². The summed E-state index contributed by atoms with van der Waals surface area (Å²) in [5, 5.41) is 2.78. The Kier molecular flexibility index (Phi) is 12.9. The molecule has 14 heteroatoms. The fraction of sp³-hybridized carbons (Fsp3) is 0.278. The molecule has 0 aromatic heterocycles. The van der Waals surface area contributed by atoms with Crippen molar-refractivity contribution >= 4 is 62.3 Å². The summed E-state index contributed by atoms with van der Waals surface area (Å²) in [4.78, 5) is 29.5. The normalized spacial score (nSPS) is 13.0. The van der Waals surface area contributed by atoms with E-state index in [0.29, 0.717) is 32.9 Å². The summed E-state index contributed by atoms with van der Waals surface area (Å²) < 4.78 is 71.0. The molecule has 4 rings (SSSR count). The number of anilines is 1. The number of amides is 2. The van der Waals surface area contributed by atoms with Crippen molar-refractivity contribution in [2.75, 3.05) is 10.8 Å². The number of hydrogen-bond acceptors (Lipinski definition) is 4. The Bertz CT molecular complexity index is 1930. The molecule has 0 fully saturated rings. The van der Waals surface area contributed by atoms with E-state index < -0.39 is 56.9 Å². The Balaban J connectivity index is 1.89. The molecule has 0 aliphatic carbocycles. The van der Waals surface area contributed by atoms with Gasteiger partial charge in [-0.05, 0) is 73.9 Å². The van der Waals surface area contributed by atoms with Crippen molar-refractivity contribution in [3.8, 4) is 0 Å². The second-order valence-corrected chi connectivity index (χ2v) is 14.9. The van der Waals surface area contributed by atoms with Crippen LogP contribution in [-0.4, -0.2) is 43.8 Å². The van der Waals surface area contributed by atoms with Crippen LogP contribution in [0.25, 0.3) is 0 Å². The minimum atomic E-state index is -4.93. The van der Waals surface area contributed by atoms with Crippen LogP contribution in [0.5, 0.6) is 0 Å². The van der Waals surface area contributed by atoms with E-state index in [9.17, 15) is 31.2 Å². The van der Waals surface area contributed by atoms with Gasteiger partial charge in [0.1, 0.15) is 12.6 Å². The molecule has 7 nitrogen and oxygen atoms in total. The molecular formula is C36H35Cl3F3N3O4S. The summed E-state index contributed by atoms with van der Waals surface area (Å²) in [6, 6.07) is 20.3. The Morgan fingerprint density at radius 2 is 1.54 bits per heavy atom. The Morgan fingerprint density at radius 1 is 0.880 bits per heavy atom. The highest BCUT2D eigenvalue weighted by atomic mass is 35.5. The van der Waals surface area contributed by atoms with E-state index in [1.807, 2.05) is 6.92 Å². The summed E-state index contributed by atoms with van der Waals surface area (Å²) >= 11 is 18.5. The predicted octanol–water partition coefficient (Wildman–Crippen LogP) is 8.72. The molecule has 266 valence electrons. The van der Waals surface area contributed by atoms with Crippen LogP contribution < -0.4 is 9.62 Å². The third kappa shape index (κ3) is 9.72. The molecule has 0 radical (unpaired) electrons. The molecule has 4 aromatic carbocycles. The van der Waals surface area contributed by atoms with E-state index in [1.54, 1.807) is 56.3 Å². The molecule has 2 amide bonds. The van der Waals surface area contributed by atoms with Crippen molar-refractivity contribution in [2.45, 2.75) is 63.3 Å². The number of sulfonamides is 1. The molecule has 50 heavy (non-hydrogen) atoms. The number of nitrogens with zero attached hydrogens (tertiary/aromatic N) is 2. The van der Waals surface area contributed by atoms with Crippen molar-refractivity contribution in [2.24, 2.45) is 0 Å². The van der Waals surface area contributed by atoms with Gasteiger partial charge in [0.15, 0.2) is 0 Å². The van der Waals surface area contributed by atoms with E-state index in [2.05, 4.69) is 5.32 Å². The monoisotopic (exact) mass is 767 g/mol. The van der Waals surface area contributed by atoms with Gasteiger partial charge in [0.05, 0.1) is 21.2 Å². The van der Waals surface area contributed by atoms with Crippen LogP contribution in [0.3, 0.4) is 0 Å². The van der Waals surface area contributed by atoms with Gasteiger partial charge in [-0.3, -0.25) is 13.9 Å². The topological polar surface area (TPSA) is 86.8 Å². The lowest BCUT2D eigenvalue weighted by Gasteiger charge is -2.34. The van der Waals surface area contributed by atoms with Gasteiger partial charge in [0.25, 0.3) is 10.0 Å². The minimum absolute atomic E-state index is 0.0317. The van der Waals surface area contributed by atoms with Gasteiger partial charge in [-0.2, -0.15) is 13.2 Å². The first-order chi connectivity index (χ1) is 23.5. The quantitative estimate of drug-likeness (QED) is 0.148. The van der Waals surface area contributed by atoms with Crippen LogP contribution in [0.4, 0.5) is 18.9 Å². The standard InChI is InChI=1S/C36H35Cl3F3N3O4S/c1-4-24(3)43-35(47)33(18-25-8-6-5-7-9-25)44(21-26-12-13-27(37)19-32(26)39)34(46)22-45(50(48,49)29-15-10-23(2)11-16-29)28-14-17-31(38)30(20-28)36(40,41)42/h5-17,19-20,24,33H,4,18,21-22H2,1-3H3,(H,43,47)/t24-,33+/m1/s1. The zero-order valence-corrected chi connectivity index (χ0v) is 30.4. The number of benzene rings is 4. The van der Waals surface area contributed by atoms with Gasteiger partial charge in [0, 0.05) is 29.1 Å². The highest BCUT2D eigenvalue weighted by Gasteiger charge is 2.38. The summed E-state index contributed by atoms with van der Waals surface area (Å²) in [7, 11) is -4.66. The molecule has 0 unspecified atom stereocenters. The molecule has 2 atom stereocenters. The van der Waals surface area contributed by atoms with Gasteiger partial charge in [-0.25, -0.2) is 8.42 Å². The Hall–Kier alpha value is -3.77. The number of aryl methyl sites for hydroxylation is 1. The lowest BCUT2D eigenvalue weighted by Crippen LogP contribution is -2.54. The highest BCUT2D eigenvalue weighted by Crippen LogP contribution is 2.38. The summed E-state index contributed by atoms with van der Waals surface area (Å²) in [5.41, 5.74) is 0.0993. The van der Waals surface area contributed by atoms with E-state index in [1.165, 1.54) is 35.2 Å². The van der Waals surface area contributed by atoms with Gasteiger partial charge in [0.2, 0.25) is 11.8 Å². The van der Waals surface area contributed by atoms with E-state index in [-0.39, 0.29) is 28.9 Å². The van der Waals surface area contributed by atoms with E-state index in [4.69, 9.17) is 34.8 Å². The number of rotatable bonds is 13. The summed E-state index contributed by atoms with van der Waals surface area (Å²) in [5.74, 6) is -1.39. The van der Waals surface area contributed by atoms with Gasteiger partial charge in [-0.15, -0.1) is 0 Å². The number of carbonyl (C=O) groups excluding carboxylic acids is 2. The Morgan fingerprint density at radius 3 is 2.14 bits per heavy atom. The average Bonchev–Trinajstić information content (AvgIpc) is 3.06. The molecule has 0 spiro atoms. The van der Waals surface area contributed by atoms with E-state index in [0.717, 1.165) is 17.7 Å². The average molecular weight is 769 g/mol. The van der Waals surface area contributed by atoms with Gasteiger partial charge in [-0.1, -0.05) is 95.8 Å². The molecule has 0 saturated heterocycles. The largest absolute Gasteiger partial charge is 0.417 e. The minimum Gasteiger partial charge on any atom is -0.352 e. The first kappa shape index (κ1) is 39.0. The van der Waals surface area contributed by atoms with Crippen LogP contribution in [0.1, 0.15) is 42.5 Å². The molecule has 0 bridgehead atoms. The maximum absolute atomic E-state index is 14.6. The predicted molar refractivity (Wildman–Crippen MR) is 191 cm³/mol. The number of carbonyl (C=O) groups is 2. The number of nitrogens with one attached hydrogen (secondary N) is 1. The van der Waals surface area contributed by atoms with Crippen LogP contribution >= 0.6 is 34.8 Å². The molecule has 4 aromatic rings. The van der Waals surface area contributed by atoms with Crippen LogP contribution in [0, 0.1) is 6.92 Å². The molecular weight excluding hydrogens is 734 g/mol. The molecule has 0 heterocycles. The number of hydrogen-bond donors (Lipinski definition) is 1. The fourth-order valence-electron chi connectivity index (χ4n) is 5.08. The first-order valence-electron chi connectivity index (χ1n) is 15.5. The van der Waals surface area contributed by atoms with Crippen LogP contribution in [-0.2, 0) is 38.8 Å². The van der Waals surface area contributed by atoms with Crippen molar-refractivity contribution < 1.29 is 31.2 Å². The summed E-state index contributed by atoms with van der Waals surface area (Å²) in [6.07, 6.45) is -4.31. The second-order valence-electron chi connectivity index (χ2n) is 11.8. The van der Waals surface area contributed by atoms with Crippen molar-refractivity contribution in [3.63, 3.8) is 0 Å². The second kappa shape index (κ2) is 16.5. The maximum Gasteiger partial charge on any atom is 0.417 e. The number of alkyl halides is 3. The van der Waals surface area contributed by atoms with Crippen LogP contribution in [0.15, 0.2) is 95.9 Å². The van der Waals surface area contributed by atoms with Crippen molar-refractivity contribution in [1.29, 1.82) is 0 Å².